The van der Waals surface area contributed by atoms with Crippen LogP contribution in [0.5, 0.6) is 0 Å². The highest BCUT2D eigenvalue weighted by Gasteiger charge is 2.20. The Morgan fingerprint density at radius 3 is 3.36 bits per heavy atom. The van der Waals surface area contributed by atoms with Crippen molar-refractivity contribution < 1.29 is 4.74 Å². The molecule has 78 valence electrons. The van der Waals surface area contributed by atoms with Crippen LogP contribution in [0.2, 0.25) is 0 Å². The third-order valence-corrected chi connectivity index (χ3v) is 3.56. The van der Waals surface area contributed by atoms with Crippen LogP contribution in [0.4, 0.5) is 0 Å². The van der Waals surface area contributed by atoms with E-state index in [1.807, 2.05) is 17.5 Å². The van der Waals surface area contributed by atoms with Gasteiger partial charge in [-0.3, -0.25) is 0 Å². The summed E-state index contributed by atoms with van der Waals surface area (Å²) in [5, 5.41) is 4.55. The van der Waals surface area contributed by atoms with Crippen molar-refractivity contribution in [2.75, 3.05) is 19.8 Å². The molecule has 1 aromatic rings. The van der Waals surface area contributed by atoms with Gasteiger partial charge in [0.05, 0.1) is 11.6 Å². The van der Waals surface area contributed by atoms with Crippen LogP contribution in [0.1, 0.15) is 29.1 Å². The topological polar surface area (TPSA) is 34.2 Å². The monoisotopic (exact) mass is 212 g/mol. The number of ether oxygens (including phenoxy) is 1. The van der Waals surface area contributed by atoms with E-state index in [-0.39, 0.29) is 0 Å². The number of rotatable bonds is 4. The Kier molecular flexibility index (Phi) is 3.50. The minimum absolute atomic E-state index is 0.551. The Morgan fingerprint density at radius 2 is 2.64 bits per heavy atom. The van der Waals surface area contributed by atoms with E-state index in [1.165, 1.54) is 9.88 Å². The lowest BCUT2D eigenvalue weighted by atomic mass is 10.1. The summed E-state index contributed by atoms with van der Waals surface area (Å²) in [6.07, 6.45) is 3.12. The summed E-state index contributed by atoms with van der Waals surface area (Å²) < 4.78 is 5.35. The summed E-state index contributed by atoms with van der Waals surface area (Å²) in [5.74, 6) is 0.551. The van der Waals surface area contributed by atoms with E-state index in [4.69, 9.17) is 4.74 Å². The average Bonchev–Trinajstić information content (AvgIpc) is 2.85. The van der Waals surface area contributed by atoms with Gasteiger partial charge in [-0.2, -0.15) is 0 Å². The molecule has 0 aliphatic carbocycles. The zero-order valence-corrected chi connectivity index (χ0v) is 9.27. The SMILES string of the molecule is CCNCc1cnc(C2CCOC2)s1. The molecule has 1 aliphatic rings. The van der Waals surface area contributed by atoms with Gasteiger partial charge in [-0.25, -0.2) is 4.98 Å². The van der Waals surface area contributed by atoms with Crippen LogP contribution < -0.4 is 5.32 Å². The fraction of sp³-hybridized carbons (Fsp3) is 0.700. The summed E-state index contributed by atoms with van der Waals surface area (Å²) in [4.78, 5) is 5.78. The van der Waals surface area contributed by atoms with Gasteiger partial charge in [0.15, 0.2) is 0 Å². The standard InChI is InChI=1S/C10H16N2OS/c1-2-11-5-9-6-12-10(14-9)8-3-4-13-7-8/h6,8,11H,2-5,7H2,1H3. The molecule has 1 fully saturated rings. The Bertz CT molecular complexity index is 281. The summed E-state index contributed by atoms with van der Waals surface area (Å²) in [6, 6.07) is 0. The first kappa shape index (κ1) is 10.1. The lowest BCUT2D eigenvalue weighted by Crippen LogP contribution is -2.10. The van der Waals surface area contributed by atoms with Crippen LogP contribution in [0.25, 0.3) is 0 Å². The van der Waals surface area contributed by atoms with E-state index in [1.54, 1.807) is 0 Å². The molecular weight excluding hydrogens is 196 g/mol. The predicted octanol–water partition coefficient (Wildman–Crippen LogP) is 1.76. The van der Waals surface area contributed by atoms with Crippen LogP contribution in [-0.4, -0.2) is 24.7 Å². The second-order valence-electron chi connectivity index (χ2n) is 3.51. The summed E-state index contributed by atoms with van der Waals surface area (Å²) >= 11 is 1.82. The minimum atomic E-state index is 0.551. The molecule has 3 nitrogen and oxygen atoms in total. The van der Waals surface area contributed by atoms with Crippen LogP contribution >= 0.6 is 11.3 Å². The first-order chi connectivity index (χ1) is 6.90. The lowest BCUT2D eigenvalue weighted by molar-refractivity contribution is 0.194. The van der Waals surface area contributed by atoms with E-state index in [0.29, 0.717) is 5.92 Å². The van der Waals surface area contributed by atoms with Crippen molar-refractivity contribution >= 4 is 11.3 Å². The molecule has 0 bridgehead atoms. The lowest BCUT2D eigenvalue weighted by Gasteiger charge is -2.00. The Balaban J connectivity index is 1.94. The molecule has 0 saturated carbocycles. The van der Waals surface area contributed by atoms with Gasteiger partial charge in [0.2, 0.25) is 0 Å². The van der Waals surface area contributed by atoms with Crippen molar-refractivity contribution in [2.45, 2.75) is 25.8 Å². The predicted molar refractivity (Wildman–Crippen MR) is 57.7 cm³/mol. The molecule has 1 saturated heterocycles. The summed E-state index contributed by atoms with van der Waals surface area (Å²) in [5.41, 5.74) is 0. The molecule has 1 atom stereocenters. The van der Waals surface area contributed by atoms with Gasteiger partial charge in [0.1, 0.15) is 0 Å². The minimum Gasteiger partial charge on any atom is -0.381 e. The van der Waals surface area contributed by atoms with Gasteiger partial charge in [0.25, 0.3) is 0 Å². The number of nitrogens with zero attached hydrogens (tertiary/aromatic N) is 1. The van der Waals surface area contributed by atoms with Gasteiger partial charge < -0.3 is 10.1 Å². The average molecular weight is 212 g/mol. The Morgan fingerprint density at radius 1 is 1.71 bits per heavy atom. The second kappa shape index (κ2) is 4.87. The van der Waals surface area contributed by atoms with Crippen LogP contribution in [0.3, 0.4) is 0 Å². The number of thiazole rings is 1. The van der Waals surface area contributed by atoms with Gasteiger partial charge in [0, 0.05) is 30.1 Å². The molecule has 1 aromatic heterocycles. The normalized spacial score (nSPS) is 21.6. The first-order valence-electron chi connectivity index (χ1n) is 5.13. The number of hydrogen-bond acceptors (Lipinski definition) is 4. The highest BCUT2D eigenvalue weighted by atomic mass is 32.1. The van der Waals surface area contributed by atoms with Gasteiger partial charge in [-0.15, -0.1) is 11.3 Å². The third-order valence-electron chi connectivity index (χ3n) is 2.40. The van der Waals surface area contributed by atoms with Gasteiger partial charge in [-0.1, -0.05) is 6.92 Å². The molecular formula is C10H16N2OS. The quantitative estimate of drug-likeness (QED) is 0.825. The smallest absolute Gasteiger partial charge is 0.0982 e. The van der Waals surface area contributed by atoms with E-state index >= 15 is 0 Å². The molecule has 0 radical (unpaired) electrons. The molecule has 0 amide bonds. The highest BCUT2D eigenvalue weighted by molar-refractivity contribution is 7.11. The zero-order chi connectivity index (χ0) is 9.80. The molecule has 0 aromatic carbocycles. The summed E-state index contributed by atoms with van der Waals surface area (Å²) in [7, 11) is 0. The molecule has 0 spiro atoms. The molecule has 2 rings (SSSR count). The number of nitrogens with one attached hydrogen (secondary N) is 1. The summed E-state index contributed by atoms with van der Waals surface area (Å²) in [6.45, 7) is 5.83. The fourth-order valence-electron chi connectivity index (χ4n) is 1.57. The molecule has 1 N–H and O–H groups in total. The van der Waals surface area contributed by atoms with Crippen molar-refractivity contribution in [3.05, 3.63) is 16.1 Å². The Labute approximate surface area is 88.5 Å². The largest absolute Gasteiger partial charge is 0.381 e. The third kappa shape index (κ3) is 2.32. The molecule has 2 heterocycles. The molecule has 1 unspecified atom stereocenters. The fourth-order valence-corrected chi connectivity index (χ4v) is 2.58. The number of aromatic nitrogens is 1. The maximum absolute atomic E-state index is 5.35. The van der Waals surface area contributed by atoms with Crippen molar-refractivity contribution in [3.8, 4) is 0 Å². The molecule has 1 aliphatic heterocycles. The van der Waals surface area contributed by atoms with Crippen molar-refractivity contribution in [2.24, 2.45) is 0 Å². The second-order valence-corrected chi connectivity index (χ2v) is 4.65. The highest BCUT2D eigenvalue weighted by Crippen LogP contribution is 2.28. The van der Waals surface area contributed by atoms with E-state index in [2.05, 4.69) is 17.2 Å². The zero-order valence-electron chi connectivity index (χ0n) is 8.45. The number of hydrogen-bond donors (Lipinski definition) is 1. The maximum atomic E-state index is 5.35. The van der Waals surface area contributed by atoms with Crippen molar-refractivity contribution in [3.63, 3.8) is 0 Å². The Hall–Kier alpha value is -0.450. The van der Waals surface area contributed by atoms with Crippen molar-refractivity contribution in [1.29, 1.82) is 0 Å². The van der Waals surface area contributed by atoms with Crippen LogP contribution in [0, 0.1) is 0 Å². The molecule has 14 heavy (non-hydrogen) atoms. The molecule has 4 heteroatoms. The van der Waals surface area contributed by atoms with E-state index in [9.17, 15) is 0 Å². The van der Waals surface area contributed by atoms with E-state index < -0.39 is 0 Å². The van der Waals surface area contributed by atoms with Gasteiger partial charge >= 0.3 is 0 Å². The van der Waals surface area contributed by atoms with Crippen LogP contribution in [0.15, 0.2) is 6.20 Å². The van der Waals surface area contributed by atoms with E-state index in [0.717, 1.165) is 32.7 Å². The maximum Gasteiger partial charge on any atom is 0.0982 e. The first-order valence-corrected chi connectivity index (χ1v) is 5.95. The van der Waals surface area contributed by atoms with Crippen molar-refractivity contribution in [1.82, 2.24) is 10.3 Å². The van der Waals surface area contributed by atoms with Gasteiger partial charge in [-0.05, 0) is 13.0 Å². The van der Waals surface area contributed by atoms with Crippen LogP contribution in [-0.2, 0) is 11.3 Å².